The van der Waals surface area contributed by atoms with Gasteiger partial charge in [0.05, 0.1) is 23.2 Å². The Hall–Kier alpha value is -1.82. The number of thiazole rings is 1. The number of hydrogen-bond donors (Lipinski definition) is 1. The van der Waals surface area contributed by atoms with Crippen molar-refractivity contribution in [2.75, 3.05) is 25.1 Å². The third-order valence-electron chi connectivity index (χ3n) is 5.60. The summed E-state index contributed by atoms with van der Waals surface area (Å²) in [6, 6.07) is 6.38. The molecule has 2 aromatic rings. The highest BCUT2D eigenvalue weighted by Gasteiger charge is 2.29. The smallest absolute Gasteiger partial charge is 0.225 e. The van der Waals surface area contributed by atoms with Crippen molar-refractivity contribution in [3.8, 4) is 5.75 Å². The van der Waals surface area contributed by atoms with Gasteiger partial charge in [0.25, 0.3) is 0 Å². The number of rotatable bonds is 4. The molecule has 0 spiro atoms. The fourth-order valence-electron chi connectivity index (χ4n) is 4.09. The number of anilines is 1. The van der Waals surface area contributed by atoms with Crippen LogP contribution in [0.2, 0.25) is 0 Å². The van der Waals surface area contributed by atoms with Gasteiger partial charge in [-0.25, -0.2) is 4.98 Å². The van der Waals surface area contributed by atoms with Crippen molar-refractivity contribution in [3.63, 3.8) is 0 Å². The maximum atomic E-state index is 12.7. The molecule has 1 atom stereocenters. The first kappa shape index (κ1) is 17.6. The molecule has 1 N–H and O–H groups in total. The largest absolute Gasteiger partial charge is 0.497 e. The van der Waals surface area contributed by atoms with Crippen LogP contribution in [0.25, 0.3) is 10.2 Å². The number of ether oxygens (including phenoxy) is 1. The molecule has 1 saturated heterocycles. The Kier molecular flexibility index (Phi) is 5.29. The Balaban J connectivity index is 1.43. The Morgan fingerprint density at radius 1 is 1.23 bits per heavy atom. The minimum atomic E-state index is 0.0761. The molecule has 140 valence electrons. The van der Waals surface area contributed by atoms with E-state index in [2.05, 4.69) is 10.2 Å². The minimum Gasteiger partial charge on any atom is -0.497 e. The van der Waals surface area contributed by atoms with Crippen LogP contribution in [0.4, 0.5) is 5.13 Å². The molecule has 1 aromatic carbocycles. The second-order valence-corrected chi connectivity index (χ2v) is 8.47. The van der Waals surface area contributed by atoms with Gasteiger partial charge in [-0.3, -0.25) is 4.79 Å². The summed E-state index contributed by atoms with van der Waals surface area (Å²) in [4.78, 5) is 19.8. The number of methoxy groups -OCH3 is 1. The third kappa shape index (κ3) is 3.80. The number of fused-ring (bicyclic) bond motifs is 1. The summed E-state index contributed by atoms with van der Waals surface area (Å²) in [7, 11) is 1.68. The molecule has 1 aliphatic carbocycles. The van der Waals surface area contributed by atoms with Gasteiger partial charge in [0.2, 0.25) is 5.91 Å². The molecular formula is C20H27N3O2S. The Morgan fingerprint density at radius 2 is 2.08 bits per heavy atom. The summed E-state index contributed by atoms with van der Waals surface area (Å²) in [6.45, 7) is 1.75. The number of carbonyl (C=O) groups is 1. The van der Waals surface area contributed by atoms with Gasteiger partial charge in [0.1, 0.15) is 5.75 Å². The summed E-state index contributed by atoms with van der Waals surface area (Å²) in [5.74, 6) is 1.17. The Bertz CT molecular complexity index is 770. The van der Waals surface area contributed by atoms with Gasteiger partial charge in [0.15, 0.2) is 5.13 Å². The van der Waals surface area contributed by atoms with E-state index in [0.29, 0.717) is 6.04 Å². The lowest BCUT2D eigenvalue weighted by Gasteiger charge is -2.33. The molecule has 1 aliphatic heterocycles. The maximum absolute atomic E-state index is 12.7. The number of benzene rings is 1. The van der Waals surface area contributed by atoms with E-state index in [1.54, 1.807) is 18.4 Å². The van der Waals surface area contributed by atoms with Crippen LogP contribution in [0, 0.1) is 5.92 Å². The topological polar surface area (TPSA) is 54.5 Å². The van der Waals surface area contributed by atoms with E-state index >= 15 is 0 Å². The van der Waals surface area contributed by atoms with Gasteiger partial charge in [-0.05, 0) is 43.9 Å². The molecule has 5 nitrogen and oxygen atoms in total. The van der Waals surface area contributed by atoms with Crippen molar-refractivity contribution in [1.82, 2.24) is 10.3 Å². The van der Waals surface area contributed by atoms with Crippen LogP contribution in [0.5, 0.6) is 5.75 Å². The van der Waals surface area contributed by atoms with Crippen molar-refractivity contribution < 1.29 is 9.53 Å². The summed E-state index contributed by atoms with van der Waals surface area (Å²) in [6.07, 6.45) is 8.11. The number of aromatic nitrogens is 1. The van der Waals surface area contributed by atoms with Gasteiger partial charge in [-0.1, -0.05) is 30.6 Å². The maximum Gasteiger partial charge on any atom is 0.225 e. The van der Waals surface area contributed by atoms with E-state index in [1.165, 1.54) is 19.3 Å². The molecule has 2 heterocycles. The summed E-state index contributed by atoms with van der Waals surface area (Å²) < 4.78 is 6.44. The average molecular weight is 374 g/mol. The molecule has 2 aliphatic rings. The Morgan fingerprint density at radius 3 is 2.88 bits per heavy atom. The number of amides is 1. The monoisotopic (exact) mass is 373 g/mol. The normalized spacial score (nSPS) is 21.7. The van der Waals surface area contributed by atoms with Crippen LogP contribution in [-0.4, -0.2) is 37.1 Å². The predicted octanol–water partition coefficient (Wildman–Crippen LogP) is 3.97. The van der Waals surface area contributed by atoms with Crippen LogP contribution >= 0.6 is 11.3 Å². The number of piperidine rings is 1. The zero-order valence-electron chi connectivity index (χ0n) is 15.4. The fraction of sp³-hybridized carbons (Fsp3) is 0.600. The van der Waals surface area contributed by atoms with E-state index in [1.807, 2.05) is 18.2 Å². The first-order valence-corrected chi connectivity index (χ1v) is 10.5. The number of nitrogens with zero attached hydrogens (tertiary/aromatic N) is 2. The van der Waals surface area contributed by atoms with Gasteiger partial charge >= 0.3 is 0 Å². The lowest BCUT2D eigenvalue weighted by atomic mass is 9.93. The molecule has 1 amide bonds. The van der Waals surface area contributed by atoms with Crippen LogP contribution in [0.3, 0.4) is 0 Å². The highest BCUT2D eigenvalue weighted by atomic mass is 32.1. The summed E-state index contributed by atoms with van der Waals surface area (Å²) in [5, 5.41) is 4.32. The lowest BCUT2D eigenvalue weighted by molar-refractivity contribution is -0.126. The SMILES string of the molecule is COc1ccc2nc(N3CCC[C@H](C(=O)NC4CCCCC4)C3)sc2c1. The quantitative estimate of drug-likeness (QED) is 0.881. The van der Waals surface area contributed by atoms with Crippen molar-refractivity contribution in [2.45, 2.75) is 51.0 Å². The number of hydrogen-bond acceptors (Lipinski definition) is 5. The number of nitrogens with one attached hydrogen (secondary N) is 1. The fourth-order valence-corrected chi connectivity index (χ4v) is 5.11. The van der Waals surface area contributed by atoms with Gasteiger partial charge in [-0.15, -0.1) is 0 Å². The summed E-state index contributed by atoms with van der Waals surface area (Å²) >= 11 is 1.69. The van der Waals surface area contributed by atoms with E-state index in [-0.39, 0.29) is 11.8 Å². The van der Waals surface area contributed by atoms with Gasteiger partial charge < -0.3 is 15.0 Å². The molecule has 26 heavy (non-hydrogen) atoms. The molecule has 0 radical (unpaired) electrons. The Labute approximate surface area is 158 Å². The molecule has 0 unspecified atom stereocenters. The van der Waals surface area contributed by atoms with E-state index < -0.39 is 0 Å². The van der Waals surface area contributed by atoms with Crippen LogP contribution in [0.15, 0.2) is 18.2 Å². The average Bonchev–Trinajstić information content (AvgIpc) is 3.12. The van der Waals surface area contributed by atoms with Crippen LogP contribution < -0.4 is 15.0 Å². The van der Waals surface area contributed by atoms with Crippen molar-refractivity contribution in [1.29, 1.82) is 0 Å². The van der Waals surface area contributed by atoms with E-state index in [4.69, 9.17) is 9.72 Å². The van der Waals surface area contributed by atoms with Crippen molar-refractivity contribution in [2.24, 2.45) is 5.92 Å². The van der Waals surface area contributed by atoms with Gasteiger partial charge in [0, 0.05) is 19.1 Å². The molecule has 0 bridgehead atoms. The van der Waals surface area contributed by atoms with Crippen molar-refractivity contribution in [3.05, 3.63) is 18.2 Å². The van der Waals surface area contributed by atoms with Crippen LogP contribution in [-0.2, 0) is 4.79 Å². The minimum absolute atomic E-state index is 0.0761. The molecule has 1 aromatic heterocycles. The van der Waals surface area contributed by atoms with Gasteiger partial charge in [-0.2, -0.15) is 0 Å². The van der Waals surface area contributed by atoms with Crippen LogP contribution in [0.1, 0.15) is 44.9 Å². The van der Waals surface area contributed by atoms with E-state index in [0.717, 1.165) is 59.9 Å². The first-order chi connectivity index (χ1) is 12.7. The van der Waals surface area contributed by atoms with Crippen molar-refractivity contribution >= 4 is 32.6 Å². The third-order valence-corrected chi connectivity index (χ3v) is 6.68. The molecular weight excluding hydrogens is 346 g/mol. The predicted molar refractivity (Wildman–Crippen MR) is 106 cm³/mol. The zero-order valence-corrected chi connectivity index (χ0v) is 16.2. The first-order valence-electron chi connectivity index (χ1n) is 9.73. The number of carbonyl (C=O) groups excluding carboxylic acids is 1. The molecule has 2 fully saturated rings. The molecule has 6 heteroatoms. The van der Waals surface area contributed by atoms with E-state index in [9.17, 15) is 4.79 Å². The standard InChI is InChI=1S/C20H27N3O2S/c1-25-16-9-10-17-18(12-16)26-20(22-17)23-11-5-6-14(13-23)19(24)21-15-7-3-2-4-8-15/h9-10,12,14-15H,2-8,11,13H2,1H3,(H,21,24)/t14-/m0/s1. The zero-order chi connectivity index (χ0) is 17.9. The molecule has 4 rings (SSSR count). The lowest BCUT2D eigenvalue weighted by Crippen LogP contribution is -2.46. The second-order valence-electron chi connectivity index (χ2n) is 7.46. The highest BCUT2D eigenvalue weighted by molar-refractivity contribution is 7.22. The molecule has 1 saturated carbocycles. The second kappa shape index (κ2) is 7.82. The summed E-state index contributed by atoms with van der Waals surface area (Å²) in [5.41, 5.74) is 1.000. The highest BCUT2D eigenvalue weighted by Crippen LogP contribution is 2.33.